The van der Waals surface area contributed by atoms with E-state index in [0.717, 1.165) is 37.2 Å². The molecular weight excluding hydrogens is 252 g/mol. The van der Waals surface area contributed by atoms with E-state index in [1.54, 1.807) is 7.11 Å². The van der Waals surface area contributed by atoms with E-state index in [1.165, 1.54) is 10.9 Å². The van der Waals surface area contributed by atoms with Crippen LogP contribution in [0, 0.1) is 0 Å². The van der Waals surface area contributed by atoms with Crippen molar-refractivity contribution >= 4 is 10.9 Å². The minimum absolute atomic E-state index is 0.189. The fourth-order valence-electron chi connectivity index (χ4n) is 2.87. The topological polar surface area (TPSA) is 37.5 Å². The molecule has 20 heavy (non-hydrogen) atoms. The van der Waals surface area contributed by atoms with Gasteiger partial charge >= 0.3 is 0 Å². The summed E-state index contributed by atoms with van der Waals surface area (Å²) in [6.45, 7) is 2.46. The molecule has 2 aromatic rings. The van der Waals surface area contributed by atoms with E-state index in [9.17, 15) is 0 Å². The smallest absolute Gasteiger partial charge is 0.119 e. The Balaban J connectivity index is 1.59. The molecule has 1 aliphatic heterocycles. The fraction of sp³-hybridized carbons (Fsp3) is 0.500. The predicted octanol–water partition coefficient (Wildman–Crippen LogP) is 2.44. The van der Waals surface area contributed by atoms with Gasteiger partial charge in [-0.3, -0.25) is 0 Å². The van der Waals surface area contributed by atoms with Crippen molar-refractivity contribution in [2.75, 3.05) is 33.8 Å². The van der Waals surface area contributed by atoms with Gasteiger partial charge in [-0.15, -0.1) is 0 Å². The number of aromatic amines is 1. The number of fused-ring (bicyclic) bond motifs is 1. The minimum Gasteiger partial charge on any atom is -0.497 e. The zero-order valence-corrected chi connectivity index (χ0v) is 11.7. The zero-order chi connectivity index (χ0) is 16.4. The van der Waals surface area contributed by atoms with Crippen molar-refractivity contribution in [1.82, 2.24) is 9.88 Å². The molecule has 1 aromatic heterocycles. The highest BCUT2D eigenvalue weighted by molar-refractivity contribution is 5.84. The van der Waals surface area contributed by atoms with Crippen LogP contribution in [0.2, 0.25) is 0 Å². The quantitative estimate of drug-likeness (QED) is 0.912. The lowest BCUT2D eigenvalue weighted by Crippen LogP contribution is -2.25. The summed E-state index contributed by atoms with van der Waals surface area (Å²) >= 11 is 0. The number of benzene rings is 1. The van der Waals surface area contributed by atoms with Crippen LogP contribution < -0.4 is 4.74 Å². The molecule has 0 bridgehead atoms. The Morgan fingerprint density at radius 1 is 1.50 bits per heavy atom. The summed E-state index contributed by atoms with van der Waals surface area (Å²) < 4.78 is 31.9. The van der Waals surface area contributed by atoms with Crippen LogP contribution in [0.15, 0.2) is 24.4 Å². The minimum atomic E-state index is -2.30. The maximum Gasteiger partial charge on any atom is 0.119 e. The first-order valence-electron chi connectivity index (χ1n) is 8.49. The van der Waals surface area contributed by atoms with E-state index in [-0.39, 0.29) is 6.10 Å². The van der Waals surface area contributed by atoms with Crippen molar-refractivity contribution in [3.05, 3.63) is 30.0 Å². The Morgan fingerprint density at radius 2 is 2.45 bits per heavy atom. The Hall–Kier alpha value is -1.52. The van der Waals surface area contributed by atoms with Gasteiger partial charge in [0.2, 0.25) is 0 Å². The first-order valence-corrected chi connectivity index (χ1v) is 6.99. The van der Waals surface area contributed by atoms with E-state index in [0.29, 0.717) is 6.54 Å². The van der Waals surface area contributed by atoms with Crippen molar-refractivity contribution in [3.63, 3.8) is 0 Å². The number of H-pyrrole nitrogens is 1. The first kappa shape index (κ1) is 10.2. The highest BCUT2D eigenvalue weighted by atomic mass is 16.5. The van der Waals surface area contributed by atoms with Gasteiger partial charge in [0.25, 0.3) is 0 Å². The Kier molecular flexibility index (Phi) is 3.00. The van der Waals surface area contributed by atoms with E-state index >= 15 is 0 Å². The Labute approximate surface area is 123 Å². The van der Waals surface area contributed by atoms with E-state index in [2.05, 4.69) is 9.88 Å². The third kappa shape index (κ3) is 2.67. The van der Waals surface area contributed by atoms with Crippen LogP contribution in [0.4, 0.5) is 0 Å². The van der Waals surface area contributed by atoms with Crippen molar-refractivity contribution < 1.29 is 13.6 Å². The maximum absolute atomic E-state index is 7.18. The SMILES string of the molecule is [2H]C([2H])([2H])O[C@@H]1CCN(CCc2c[nH]c3ccc(OC)cc23)C1. The van der Waals surface area contributed by atoms with Crippen LogP contribution in [0.3, 0.4) is 0 Å². The molecule has 1 atom stereocenters. The molecule has 4 heteroatoms. The summed E-state index contributed by atoms with van der Waals surface area (Å²) in [5.41, 5.74) is 2.35. The second kappa shape index (κ2) is 5.85. The number of aromatic nitrogens is 1. The average molecular weight is 277 g/mol. The van der Waals surface area contributed by atoms with Crippen LogP contribution in [0.1, 0.15) is 16.1 Å². The van der Waals surface area contributed by atoms with Gasteiger partial charge in [-0.05, 0) is 36.6 Å². The molecular formula is C16H22N2O2. The molecule has 0 spiro atoms. The lowest BCUT2D eigenvalue weighted by Gasteiger charge is -2.15. The number of likely N-dealkylation sites (tertiary alicyclic amines) is 1. The van der Waals surface area contributed by atoms with Gasteiger partial charge in [0.05, 0.1) is 17.3 Å². The first-order chi connectivity index (χ1) is 10.9. The molecule has 0 saturated carbocycles. The summed E-state index contributed by atoms with van der Waals surface area (Å²) in [6, 6.07) is 6.01. The molecule has 1 aliphatic rings. The summed E-state index contributed by atoms with van der Waals surface area (Å²) in [4.78, 5) is 5.54. The number of rotatable bonds is 5. The van der Waals surface area contributed by atoms with Gasteiger partial charge in [-0.1, -0.05) is 0 Å². The number of hydrogen-bond acceptors (Lipinski definition) is 3. The molecule has 1 N–H and O–H groups in total. The molecule has 1 saturated heterocycles. The van der Waals surface area contributed by atoms with Crippen molar-refractivity contribution in [3.8, 4) is 5.75 Å². The monoisotopic (exact) mass is 277 g/mol. The predicted molar refractivity (Wildman–Crippen MR) is 80.4 cm³/mol. The highest BCUT2D eigenvalue weighted by Gasteiger charge is 2.21. The number of ether oxygens (including phenoxy) is 2. The lowest BCUT2D eigenvalue weighted by atomic mass is 10.1. The average Bonchev–Trinajstić information content (AvgIpc) is 3.09. The molecule has 0 unspecified atom stereocenters. The third-order valence-corrected chi connectivity index (χ3v) is 4.07. The number of nitrogens with zero attached hydrogens (tertiary/aromatic N) is 1. The maximum atomic E-state index is 7.18. The van der Waals surface area contributed by atoms with Gasteiger partial charge < -0.3 is 19.4 Å². The molecule has 0 amide bonds. The zero-order valence-electron chi connectivity index (χ0n) is 14.7. The second-order valence-corrected chi connectivity index (χ2v) is 5.30. The Morgan fingerprint density at radius 3 is 3.30 bits per heavy atom. The van der Waals surface area contributed by atoms with Crippen LogP contribution in [-0.4, -0.2) is 49.8 Å². The second-order valence-electron chi connectivity index (χ2n) is 5.30. The van der Waals surface area contributed by atoms with Gasteiger partial charge in [0.1, 0.15) is 5.75 Å². The summed E-state index contributed by atoms with van der Waals surface area (Å²) in [5.74, 6) is 0.852. The molecule has 108 valence electrons. The highest BCUT2D eigenvalue weighted by Crippen LogP contribution is 2.24. The summed E-state index contributed by atoms with van der Waals surface area (Å²) in [5, 5.41) is 1.18. The van der Waals surface area contributed by atoms with E-state index in [1.807, 2.05) is 24.4 Å². The number of methoxy groups -OCH3 is 2. The van der Waals surface area contributed by atoms with Gasteiger partial charge in [0.15, 0.2) is 0 Å². The molecule has 2 heterocycles. The number of nitrogens with one attached hydrogen (secondary N) is 1. The molecule has 1 aromatic carbocycles. The van der Waals surface area contributed by atoms with Gasteiger partial charge in [-0.2, -0.15) is 0 Å². The van der Waals surface area contributed by atoms with Crippen molar-refractivity contribution in [2.45, 2.75) is 18.9 Å². The fourth-order valence-corrected chi connectivity index (χ4v) is 2.87. The van der Waals surface area contributed by atoms with E-state index < -0.39 is 7.04 Å². The Bertz CT molecular complexity index is 669. The molecule has 3 rings (SSSR count). The molecule has 0 radical (unpaired) electrons. The van der Waals surface area contributed by atoms with Gasteiger partial charge in [0, 0.05) is 43.8 Å². The number of hydrogen-bond donors (Lipinski definition) is 1. The normalized spacial score (nSPS) is 22.6. The summed E-state index contributed by atoms with van der Waals surface area (Å²) in [6.07, 6.45) is 3.54. The molecule has 1 fully saturated rings. The van der Waals surface area contributed by atoms with Crippen LogP contribution >= 0.6 is 0 Å². The lowest BCUT2D eigenvalue weighted by molar-refractivity contribution is 0.108. The van der Waals surface area contributed by atoms with Crippen LogP contribution in [0.25, 0.3) is 10.9 Å². The largest absolute Gasteiger partial charge is 0.497 e. The van der Waals surface area contributed by atoms with Crippen molar-refractivity contribution in [2.24, 2.45) is 0 Å². The van der Waals surface area contributed by atoms with Crippen molar-refractivity contribution in [1.29, 1.82) is 0 Å². The summed E-state index contributed by atoms with van der Waals surface area (Å²) in [7, 11) is -0.628. The standard InChI is InChI=1S/C16H22N2O2/c1-19-13-3-4-16-15(9-13)12(10-17-16)5-7-18-8-6-14(11-18)20-2/h3-4,9-10,14,17H,5-8,11H2,1-2H3/t14-/m1/s1/i2D3. The third-order valence-electron chi connectivity index (χ3n) is 4.07. The van der Waals surface area contributed by atoms with Crippen LogP contribution in [-0.2, 0) is 11.2 Å². The van der Waals surface area contributed by atoms with Crippen LogP contribution in [0.5, 0.6) is 5.75 Å². The van der Waals surface area contributed by atoms with E-state index in [4.69, 9.17) is 13.6 Å². The molecule has 4 nitrogen and oxygen atoms in total. The van der Waals surface area contributed by atoms with Gasteiger partial charge in [-0.25, -0.2) is 0 Å². The molecule has 0 aliphatic carbocycles.